The monoisotopic (exact) mass is 576 g/mol. The summed E-state index contributed by atoms with van der Waals surface area (Å²) in [7, 11) is 0. The van der Waals surface area contributed by atoms with Crippen molar-refractivity contribution >= 4 is 85.8 Å². The van der Waals surface area contributed by atoms with E-state index >= 15 is 0 Å². The normalized spacial score (nSPS) is 12.1. The molecular formula is C42H24OS. The van der Waals surface area contributed by atoms with Gasteiger partial charge >= 0.3 is 0 Å². The summed E-state index contributed by atoms with van der Waals surface area (Å²) in [6, 6.07) is 53.2. The van der Waals surface area contributed by atoms with Crippen molar-refractivity contribution in [1.29, 1.82) is 0 Å². The van der Waals surface area contributed by atoms with Crippen LogP contribution in [0.15, 0.2) is 150 Å². The molecule has 2 heterocycles. The van der Waals surface area contributed by atoms with E-state index in [0.717, 1.165) is 21.9 Å². The Morgan fingerprint density at radius 2 is 0.841 bits per heavy atom. The summed E-state index contributed by atoms with van der Waals surface area (Å²) in [6.07, 6.45) is 0. The van der Waals surface area contributed by atoms with E-state index in [-0.39, 0.29) is 0 Å². The number of fused-ring (bicyclic) bond motifs is 9. The smallest absolute Gasteiger partial charge is 0.136 e. The van der Waals surface area contributed by atoms with Crippen LogP contribution in [-0.4, -0.2) is 0 Å². The molecule has 0 bridgehead atoms. The molecule has 0 aliphatic rings. The molecule has 0 radical (unpaired) electrons. The predicted octanol–water partition coefficient (Wildman–Crippen LogP) is 12.7. The molecular weight excluding hydrogens is 553 g/mol. The Hall–Kier alpha value is -5.44. The summed E-state index contributed by atoms with van der Waals surface area (Å²) in [5.41, 5.74) is 6.85. The second-order valence-electron chi connectivity index (χ2n) is 11.7. The average molecular weight is 577 g/mol. The van der Waals surface area contributed by atoms with E-state index in [0.29, 0.717) is 0 Å². The Balaban J connectivity index is 1.27. The van der Waals surface area contributed by atoms with E-state index in [1.165, 1.54) is 74.7 Å². The summed E-state index contributed by atoms with van der Waals surface area (Å²) >= 11 is 1.87. The highest BCUT2D eigenvalue weighted by Crippen LogP contribution is 2.46. The zero-order valence-electron chi connectivity index (χ0n) is 23.7. The topological polar surface area (TPSA) is 13.1 Å². The minimum absolute atomic E-state index is 0.917. The lowest BCUT2D eigenvalue weighted by Crippen LogP contribution is -1.90. The van der Waals surface area contributed by atoms with Crippen molar-refractivity contribution in [2.24, 2.45) is 0 Å². The molecule has 2 heteroatoms. The van der Waals surface area contributed by atoms with Crippen LogP contribution < -0.4 is 0 Å². The lowest BCUT2D eigenvalue weighted by atomic mass is 9.85. The third kappa shape index (κ3) is 3.40. The van der Waals surface area contributed by atoms with Crippen molar-refractivity contribution in [2.75, 3.05) is 0 Å². The fraction of sp³-hybridized carbons (Fsp3) is 0. The first-order chi connectivity index (χ1) is 21.8. The third-order valence-corrected chi connectivity index (χ3v) is 10.4. The van der Waals surface area contributed by atoms with Gasteiger partial charge in [0, 0.05) is 30.9 Å². The van der Waals surface area contributed by atoms with Crippen molar-refractivity contribution in [1.82, 2.24) is 0 Å². The molecule has 0 saturated heterocycles. The van der Waals surface area contributed by atoms with Crippen LogP contribution in [0.3, 0.4) is 0 Å². The Bertz CT molecular complexity index is 2720. The molecule has 0 aliphatic carbocycles. The van der Waals surface area contributed by atoms with Gasteiger partial charge in [0.05, 0.1) is 0 Å². The summed E-state index contributed by atoms with van der Waals surface area (Å²) < 4.78 is 9.02. The second-order valence-corrected chi connectivity index (χ2v) is 12.7. The number of hydrogen-bond acceptors (Lipinski definition) is 2. The van der Waals surface area contributed by atoms with Crippen LogP contribution in [0.4, 0.5) is 0 Å². The highest BCUT2D eigenvalue weighted by Gasteiger charge is 2.18. The van der Waals surface area contributed by atoms with Crippen molar-refractivity contribution < 1.29 is 4.42 Å². The SMILES string of the molecule is c1ccc2cc3c(cc2c1)oc1ccc(-c2c4ccccc4c(-c4ccc5sc6ccccc6c5c4)c4ccccc24)cc13. The molecule has 44 heavy (non-hydrogen) atoms. The second kappa shape index (κ2) is 9.03. The van der Waals surface area contributed by atoms with Crippen molar-refractivity contribution in [3.63, 3.8) is 0 Å². The van der Waals surface area contributed by atoms with Gasteiger partial charge in [-0.3, -0.25) is 0 Å². The molecule has 1 nitrogen and oxygen atoms in total. The van der Waals surface area contributed by atoms with Gasteiger partial charge in [-0.15, -0.1) is 11.3 Å². The molecule has 0 N–H and O–H groups in total. The highest BCUT2D eigenvalue weighted by atomic mass is 32.1. The van der Waals surface area contributed by atoms with Gasteiger partial charge in [-0.1, -0.05) is 103 Å². The van der Waals surface area contributed by atoms with Crippen LogP contribution in [0, 0.1) is 0 Å². The van der Waals surface area contributed by atoms with Gasteiger partial charge in [-0.2, -0.15) is 0 Å². The first-order valence-electron chi connectivity index (χ1n) is 15.0. The first kappa shape index (κ1) is 24.0. The Morgan fingerprint density at radius 1 is 0.341 bits per heavy atom. The lowest BCUT2D eigenvalue weighted by Gasteiger charge is -2.18. The summed E-state index contributed by atoms with van der Waals surface area (Å²) in [6.45, 7) is 0. The van der Waals surface area contributed by atoms with Crippen LogP contribution in [0.5, 0.6) is 0 Å². The zero-order chi connectivity index (χ0) is 28.8. The number of rotatable bonds is 2. The predicted molar refractivity (Wildman–Crippen MR) is 190 cm³/mol. The molecule has 0 fully saturated rings. The van der Waals surface area contributed by atoms with E-state index in [1.54, 1.807) is 0 Å². The molecule has 204 valence electrons. The number of hydrogen-bond donors (Lipinski definition) is 0. The fourth-order valence-corrected chi connectivity index (χ4v) is 8.34. The fourth-order valence-electron chi connectivity index (χ4n) is 7.25. The standard InChI is InChI=1S/C42H24OS/c1-2-10-26-24-38-35(21-25(26)9-1)34-22-27(17-19-37(34)43-38)41-30-12-3-5-14-32(30)42(33-15-6-4-13-31(33)41)28-18-20-40-36(23-28)29-11-7-8-16-39(29)44-40/h1-24H. The van der Waals surface area contributed by atoms with E-state index in [9.17, 15) is 0 Å². The number of furan rings is 1. The van der Waals surface area contributed by atoms with Crippen molar-refractivity contribution in [2.45, 2.75) is 0 Å². The van der Waals surface area contributed by atoms with E-state index in [2.05, 4.69) is 146 Å². The molecule has 10 aromatic rings. The molecule has 0 saturated carbocycles. The van der Waals surface area contributed by atoms with Gasteiger partial charge in [0.2, 0.25) is 0 Å². The van der Waals surface area contributed by atoms with E-state index in [1.807, 2.05) is 11.3 Å². The molecule has 0 atom stereocenters. The van der Waals surface area contributed by atoms with Gasteiger partial charge in [-0.05, 0) is 97.0 Å². The maximum absolute atomic E-state index is 6.36. The Labute approximate surface area is 257 Å². The maximum Gasteiger partial charge on any atom is 0.136 e. The lowest BCUT2D eigenvalue weighted by molar-refractivity contribution is 0.669. The van der Waals surface area contributed by atoms with Gasteiger partial charge in [0.25, 0.3) is 0 Å². The zero-order valence-corrected chi connectivity index (χ0v) is 24.5. The van der Waals surface area contributed by atoms with Crippen molar-refractivity contribution in [3.8, 4) is 22.3 Å². The van der Waals surface area contributed by atoms with Gasteiger partial charge in [0.1, 0.15) is 11.2 Å². The minimum Gasteiger partial charge on any atom is -0.456 e. The molecule has 2 aromatic heterocycles. The van der Waals surface area contributed by atoms with Crippen LogP contribution in [-0.2, 0) is 0 Å². The van der Waals surface area contributed by atoms with Crippen LogP contribution >= 0.6 is 11.3 Å². The van der Waals surface area contributed by atoms with Crippen LogP contribution in [0.25, 0.3) is 96.7 Å². The largest absolute Gasteiger partial charge is 0.456 e. The van der Waals surface area contributed by atoms with Crippen LogP contribution in [0.1, 0.15) is 0 Å². The molecule has 0 spiro atoms. The molecule has 0 aliphatic heterocycles. The van der Waals surface area contributed by atoms with E-state index < -0.39 is 0 Å². The molecule has 0 unspecified atom stereocenters. The molecule has 0 amide bonds. The van der Waals surface area contributed by atoms with Gasteiger partial charge in [0.15, 0.2) is 0 Å². The van der Waals surface area contributed by atoms with Gasteiger partial charge in [-0.25, -0.2) is 0 Å². The average Bonchev–Trinajstić information content (AvgIpc) is 3.63. The molecule has 10 rings (SSSR count). The van der Waals surface area contributed by atoms with E-state index in [4.69, 9.17) is 4.42 Å². The van der Waals surface area contributed by atoms with Crippen molar-refractivity contribution in [3.05, 3.63) is 146 Å². The Kier molecular flexibility index (Phi) is 4.94. The summed E-state index contributed by atoms with van der Waals surface area (Å²) in [5, 5.41) is 12.4. The quantitative estimate of drug-likeness (QED) is 0.187. The van der Waals surface area contributed by atoms with Crippen LogP contribution in [0.2, 0.25) is 0 Å². The Morgan fingerprint density at radius 3 is 1.52 bits per heavy atom. The molecule has 8 aromatic carbocycles. The summed E-state index contributed by atoms with van der Waals surface area (Å²) in [4.78, 5) is 0. The highest BCUT2D eigenvalue weighted by molar-refractivity contribution is 7.25. The minimum atomic E-state index is 0.917. The maximum atomic E-state index is 6.36. The summed E-state index contributed by atoms with van der Waals surface area (Å²) in [5.74, 6) is 0. The van der Waals surface area contributed by atoms with Gasteiger partial charge < -0.3 is 4.42 Å². The number of thiophene rings is 1. The first-order valence-corrected chi connectivity index (χ1v) is 15.8. The number of benzene rings is 8. The third-order valence-electron chi connectivity index (χ3n) is 9.22.